The van der Waals surface area contributed by atoms with Crippen LogP contribution in [0.1, 0.15) is 0 Å². The molecule has 0 radical (unpaired) electrons. The van der Waals surface area contributed by atoms with Crippen LogP contribution in [0, 0.1) is 0 Å². The van der Waals surface area contributed by atoms with Crippen molar-refractivity contribution in [3.63, 3.8) is 0 Å². The van der Waals surface area contributed by atoms with Crippen LogP contribution in [0.2, 0.25) is 0 Å². The molecule has 6 heterocycles. The molecule has 240 valence electrons. The average Bonchev–Trinajstić information content (AvgIpc) is 3.91. The van der Waals surface area contributed by atoms with E-state index in [1.165, 1.54) is 0 Å². The molecule has 10 aromatic rings. The van der Waals surface area contributed by atoms with Crippen LogP contribution < -0.4 is 0 Å². The van der Waals surface area contributed by atoms with Gasteiger partial charge < -0.3 is 0 Å². The highest BCUT2D eigenvalue weighted by Crippen LogP contribution is 2.38. The predicted molar refractivity (Wildman–Crippen MR) is 200 cm³/mol. The van der Waals surface area contributed by atoms with Gasteiger partial charge in [-0.1, -0.05) is 54.6 Å². The van der Waals surface area contributed by atoms with Gasteiger partial charge in [-0.3, -0.25) is 13.7 Å². The second-order valence-electron chi connectivity index (χ2n) is 12.1. The molecule has 9 nitrogen and oxygen atoms in total. The highest BCUT2D eigenvalue weighted by molar-refractivity contribution is 5.89. The third-order valence-corrected chi connectivity index (χ3v) is 9.03. The lowest BCUT2D eigenvalue weighted by Crippen LogP contribution is -2.03. The molecule has 10 rings (SSSR count). The Hall–Kier alpha value is -7.26. The molecule has 0 bridgehead atoms. The Labute approximate surface area is 291 Å². The van der Waals surface area contributed by atoms with Crippen LogP contribution in [-0.4, -0.2) is 43.6 Å². The molecular formula is C42H27N9. The fraction of sp³-hybridized carbons (Fsp3) is 0. The number of para-hydroxylation sites is 6. The molecule has 0 unspecified atom stereocenters. The number of aromatic nitrogens is 9. The van der Waals surface area contributed by atoms with Crippen LogP contribution in [-0.2, 0) is 0 Å². The minimum atomic E-state index is 0.749. The van der Waals surface area contributed by atoms with Crippen LogP contribution in [0.4, 0.5) is 0 Å². The Morgan fingerprint density at radius 2 is 0.608 bits per heavy atom. The van der Waals surface area contributed by atoms with Gasteiger partial charge in [0.2, 0.25) is 0 Å². The summed E-state index contributed by atoms with van der Waals surface area (Å²) < 4.78 is 6.34. The zero-order valence-electron chi connectivity index (χ0n) is 27.1. The van der Waals surface area contributed by atoms with Crippen molar-refractivity contribution in [2.24, 2.45) is 0 Å². The Kier molecular flexibility index (Phi) is 6.60. The normalized spacial score (nSPS) is 11.5. The summed E-state index contributed by atoms with van der Waals surface area (Å²) in [5, 5.41) is 0. The standard InChI is InChI=1S/C42H27N9/c1-4-16-34-31(13-1)46-40(49(34)37-19-7-10-22-43-37)28-25-29(41-47-32-14-2-5-17-35(32)50(41)38-20-8-11-23-44-38)27-30(26-28)42-48-33-15-3-6-18-36(33)51(42)39-21-9-12-24-45-39/h1-27H. The summed E-state index contributed by atoms with van der Waals surface area (Å²) >= 11 is 0. The molecular weight excluding hydrogens is 631 g/mol. The quantitative estimate of drug-likeness (QED) is 0.177. The van der Waals surface area contributed by atoms with Gasteiger partial charge in [-0.2, -0.15) is 0 Å². The molecule has 9 heteroatoms. The lowest BCUT2D eigenvalue weighted by atomic mass is 10.0. The Bertz CT molecular complexity index is 2530. The summed E-state index contributed by atoms with van der Waals surface area (Å²) in [5.41, 5.74) is 8.11. The number of nitrogens with zero attached hydrogens (tertiary/aromatic N) is 9. The van der Waals surface area contributed by atoms with Gasteiger partial charge in [0.15, 0.2) is 0 Å². The zero-order chi connectivity index (χ0) is 33.7. The second kappa shape index (κ2) is 11.7. The molecule has 51 heavy (non-hydrogen) atoms. The van der Waals surface area contributed by atoms with Crippen molar-refractivity contribution in [2.45, 2.75) is 0 Å². The largest absolute Gasteiger partial charge is 0.276 e. The van der Waals surface area contributed by atoms with Crippen molar-refractivity contribution in [3.8, 4) is 51.6 Å². The van der Waals surface area contributed by atoms with Crippen LogP contribution in [0.25, 0.3) is 84.7 Å². The predicted octanol–water partition coefficient (Wildman–Crippen LogP) is 8.89. The summed E-state index contributed by atoms with van der Waals surface area (Å²) in [6.07, 6.45) is 5.42. The fourth-order valence-corrected chi connectivity index (χ4v) is 6.83. The topological polar surface area (TPSA) is 92.1 Å². The maximum absolute atomic E-state index is 5.22. The maximum atomic E-state index is 5.22. The van der Waals surface area contributed by atoms with Crippen molar-refractivity contribution in [2.75, 3.05) is 0 Å². The lowest BCUT2D eigenvalue weighted by molar-refractivity contribution is 1.02. The molecule has 0 aliphatic rings. The molecule has 0 aliphatic heterocycles. The van der Waals surface area contributed by atoms with Gasteiger partial charge in [0.25, 0.3) is 0 Å². The average molecular weight is 658 g/mol. The number of pyridine rings is 3. The van der Waals surface area contributed by atoms with Gasteiger partial charge in [0.1, 0.15) is 34.9 Å². The number of hydrogen-bond acceptors (Lipinski definition) is 6. The molecule has 0 amide bonds. The monoisotopic (exact) mass is 657 g/mol. The third-order valence-electron chi connectivity index (χ3n) is 9.03. The smallest absolute Gasteiger partial charge is 0.146 e. The SMILES string of the molecule is c1ccc(-n2c(-c3cc(-c4nc5ccccc5n4-c4ccccn4)cc(-c4nc5ccccc5n4-c4ccccn4)c3)nc3ccccc32)nc1. The Morgan fingerprint density at radius 1 is 0.314 bits per heavy atom. The molecule has 0 saturated heterocycles. The highest BCUT2D eigenvalue weighted by atomic mass is 15.2. The molecule has 0 atom stereocenters. The molecule has 0 N–H and O–H groups in total. The number of fused-ring (bicyclic) bond motifs is 3. The highest BCUT2D eigenvalue weighted by Gasteiger charge is 2.23. The van der Waals surface area contributed by atoms with Crippen LogP contribution in [0.3, 0.4) is 0 Å². The molecule has 4 aromatic carbocycles. The Balaban J connectivity index is 1.31. The van der Waals surface area contributed by atoms with E-state index >= 15 is 0 Å². The summed E-state index contributed by atoms with van der Waals surface area (Å²) in [6.45, 7) is 0. The van der Waals surface area contributed by atoms with Crippen molar-refractivity contribution in [3.05, 3.63) is 164 Å². The molecule has 0 saturated carbocycles. The minimum absolute atomic E-state index is 0.749. The van der Waals surface area contributed by atoms with E-state index in [0.29, 0.717) is 0 Å². The van der Waals surface area contributed by atoms with E-state index in [1.54, 1.807) is 18.6 Å². The number of imidazole rings is 3. The van der Waals surface area contributed by atoms with Crippen LogP contribution in [0.15, 0.2) is 164 Å². The van der Waals surface area contributed by atoms with Gasteiger partial charge in [-0.05, 0) is 91.0 Å². The number of rotatable bonds is 6. The third kappa shape index (κ3) is 4.79. The van der Waals surface area contributed by atoms with E-state index in [2.05, 4.69) is 50.1 Å². The van der Waals surface area contributed by atoms with Crippen molar-refractivity contribution in [1.82, 2.24) is 43.6 Å². The first-order valence-electron chi connectivity index (χ1n) is 16.6. The lowest BCUT2D eigenvalue weighted by Gasteiger charge is -2.14. The maximum Gasteiger partial charge on any atom is 0.146 e. The molecule has 0 fully saturated rings. The van der Waals surface area contributed by atoms with Crippen LogP contribution in [0.5, 0.6) is 0 Å². The first kappa shape index (κ1) is 28.7. The van der Waals surface area contributed by atoms with Crippen molar-refractivity contribution < 1.29 is 0 Å². The van der Waals surface area contributed by atoms with Gasteiger partial charge >= 0.3 is 0 Å². The van der Waals surface area contributed by atoms with E-state index in [4.69, 9.17) is 29.9 Å². The van der Waals surface area contributed by atoms with Crippen molar-refractivity contribution in [1.29, 1.82) is 0 Å². The Morgan fingerprint density at radius 3 is 0.902 bits per heavy atom. The van der Waals surface area contributed by atoms with Gasteiger partial charge in [0.05, 0.1) is 33.1 Å². The van der Waals surface area contributed by atoms with Gasteiger partial charge in [-0.25, -0.2) is 29.9 Å². The van der Waals surface area contributed by atoms with Crippen LogP contribution >= 0.6 is 0 Å². The number of hydrogen-bond donors (Lipinski definition) is 0. The van der Waals surface area contributed by atoms with E-state index in [9.17, 15) is 0 Å². The molecule has 6 aromatic heterocycles. The first-order chi connectivity index (χ1) is 25.3. The van der Waals surface area contributed by atoms with Gasteiger partial charge in [0, 0.05) is 35.3 Å². The second-order valence-corrected chi connectivity index (χ2v) is 12.1. The number of benzene rings is 4. The van der Waals surface area contributed by atoms with Gasteiger partial charge in [-0.15, -0.1) is 0 Å². The molecule has 0 spiro atoms. The van der Waals surface area contributed by atoms with Crippen molar-refractivity contribution >= 4 is 33.1 Å². The summed E-state index contributed by atoms with van der Waals surface area (Å²) in [7, 11) is 0. The summed E-state index contributed by atoms with van der Waals surface area (Å²) in [4.78, 5) is 29.9. The van der Waals surface area contributed by atoms with E-state index < -0.39 is 0 Å². The van der Waals surface area contributed by atoms with E-state index in [0.717, 1.165) is 84.7 Å². The summed E-state index contributed by atoms with van der Waals surface area (Å²) in [6, 6.07) is 48.6. The molecule has 0 aliphatic carbocycles. The minimum Gasteiger partial charge on any atom is -0.276 e. The zero-order valence-corrected chi connectivity index (χ0v) is 27.1. The summed E-state index contributed by atoms with van der Waals surface area (Å²) in [5.74, 6) is 4.57. The fourth-order valence-electron chi connectivity index (χ4n) is 6.83. The first-order valence-corrected chi connectivity index (χ1v) is 16.6. The van der Waals surface area contributed by atoms with E-state index in [1.807, 2.05) is 109 Å². The van der Waals surface area contributed by atoms with E-state index in [-0.39, 0.29) is 0 Å².